The molecule has 0 bridgehead atoms. The minimum absolute atomic E-state index is 0.0290. The van der Waals surface area contributed by atoms with Crippen molar-refractivity contribution >= 4 is 11.4 Å². The lowest BCUT2D eigenvalue weighted by Gasteiger charge is -2.13. The molecular formula is C24H17F3N4O. The van der Waals surface area contributed by atoms with Gasteiger partial charge in [-0.3, -0.25) is 4.99 Å². The van der Waals surface area contributed by atoms with Crippen molar-refractivity contribution in [3.05, 3.63) is 102 Å². The van der Waals surface area contributed by atoms with Gasteiger partial charge in [-0.05, 0) is 41.5 Å². The number of para-hydroxylation sites is 1. The quantitative estimate of drug-likeness (QED) is 0.409. The standard InChI is InChI=1S/C24H17F3N4O/c25-24(26,27)32-19-12-10-18(11-13-19)31-15-17(29-30-31)14-21-20-8-4-5-9-22(20)28-23(21)16-6-2-1-3-7-16/h1-13,15,21H,14H2. The number of hydrogen-bond acceptors (Lipinski definition) is 4. The van der Waals surface area contributed by atoms with Crippen LogP contribution in [-0.4, -0.2) is 27.1 Å². The van der Waals surface area contributed by atoms with Crippen molar-refractivity contribution in [1.82, 2.24) is 15.0 Å². The molecular weight excluding hydrogens is 417 g/mol. The predicted molar refractivity (Wildman–Crippen MR) is 114 cm³/mol. The van der Waals surface area contributed by atoms with Crippen LogP contribution in [0.4, 0.5) is 18.9 Å². The Morgan fingerprint density at radius 1 is 0.875 bits per heavy atom. The van der Waals surface area contributed by atoms with Crippen LogP contribution in [0.2, 0.25) is 0 Å². The van der Waals surface area contributed by atoms with E-state index in [1.165, 1.54) is 28.9 Å². The molecule has 0 aliphatic carbocycles. The van der Waals surface area contributed by atoms with Gasteiger partial charge in [0.2, 0.25) is 0 Å². The summed E-state index contributed by atoms with van der Waals surface area (Å²) in [6.45, 7) is 0. The average Bonchev–Trinajstić information content (AvgIpc) is 3.39. The largest absolute Gasteiger partial charge is 0.573 e. The summed E-state index contributed by atoms with van der Waals surface area (Å²) in [7, 11) is 0. The Morgan fingerprint density at radius 3 is 2.34 bits per heavy atom. The molecule has 1 aliphatic rings. The fourth-order valence-corrected chi connectivity index (χ4v) is 3.85. The number of nitrogens with zero attached hydrogens (tertiary/aromatic N) is 4. The Labute approximate surface area is 181 Å². The number of alkyl halides is 3. The Bertz CT molecular complexity index is 1260. The number of benzene rings is 3. The molecule has 1 aromatic heterocycles. The van der Waals surface area contributed by atoms with E-state index >= 15 is 0 Å². The van der Waals surface area contributed by atoms with Crippen LogP contribution in [0.1, 0.15) is 22.7 Å². The molecule has 0 N–H and O–H groups in total. The van der Waals surface area contributed by atoms with Crippen molar-refractivity contribution in [3.63, 3.8) is 0 Å². The first-order valence-corrected chi connectivity index (χ1v) is 9.97. The maximum Gasteiger partial charge on any atom is 0.573 e. The molecule has 5 rings (SSSR count). The Hall–Kier alpha value is -3.94. The maximum absolute atomic E-state index is 12.4. The van der Waals surface area contributed by atoms with Gasteiger partial charge in [-0.25, -0.2) is 4.68 Å². The first-order chi connectivity index (χ1) is 15.5. The number of ether oxygens (including phenoxy) is 1. The van der Waals surface area contributed by atoms with Crippen molar-refractivity contribution in [2.75, 3.05) is 0 Å². The van der Waals surface area contributed by atoms with Crippen LogP contribution < -0.4 is 4.74 Å². The van der Waals surface area contributed by atoms with E-state index in [0.29, 0.717) is 12.1 Å². The van der Waals surface area contributed by atoms with E-state index in [0.717, 1.165) is 28.2 Å². The molecule has 8 heteroatoms. The third-order valence-electron chi connectivity index (χ3n) is 5.24. The lowest BCUT2D eigenvalue weighted by atomic mass is 9.88. The van der Waals surface area contributed by atoms with Crippen molar-refractivity contribution in [2.24, 2.45) is 4.99 Å². The predicted octanol–water partition coefficient (Wildman–Crippen LogP) is 5.63. The van der Waals surface area contributed by atoms with Gasteiger partial charge in [0, 0.05) is 12.3 Å². The van der Waals surface area contributed by atoms with Gasteiger partial charge in [0.25, 0.3) is 0 Å². The van der Waals surface area contributed by atoms with Crippen molar-refractivity contribution in [1.29, 1.82) is 0 Å². The number of rotatable bonds is 5. The van der Waals surface area contributed by atoms with E-state index in [9.17, 15) is 13.2 Å². The highest BCUT2D eigenvalue weighted by molar-refractivity contribution is 6.09. The SMILES string of the molecule is FC(F)(F)Oc1ccc(-n2cc(CC3C(c4ccccc4)=Nc4ccccc43)nn2)cc1. The summed E-state index contributed by atoms with van der Waals surface area (Å²) >= 11 is 0. The fraction of sp³-hybridized carbons (Fsp3) is 0.125. The summed E-state index contributed by atoms with van der Waals surface area (Å²) in [5.41, 5.74) is 5.46. The molecule has 3 aromatic carbocycles. The summed E-state index contributed by atoms with van der Waals surface area (Å²) in [6.07, 6.45) is -2.35. The average molecular weight is 434 g/mol. The third-order valence-corrected chi connectivity index (χ3v) is 5.24. The normalized spacial score (nSPS) is 15.3. The van der Waals surface area contributed by atoms with Gasteiger partial charge in [0.05, 0.1) is 29.0 Å². The highest BCUT2D eigenvalue weighted by Crippen LogP contribution is 2.39. The molecule has 5 nitrogen and oxygen atoms in total. The summed E-state index contributed by atoms with van der Waals surface area (Å²) < 4.78 is 42.5. The Kier molecular flexibility index (Phi) is 4.97. The number of fused-ring (bicyclic) bond motifs is 1. The summed E-state index contributed by atoms with van der Waals surface area (Å²) in [5, 5.41) is 8.44. The van der Waals surface area contributed by atoms with Crippen LogP contribution in [0.15, 0.2) is 90.1 Å². The molecule has 0 radical (unpaired) electrons. The molecule has 0 amide bonds. The van der Waals surface area contributed by atoms with Gasteiger partial charge in [0.15, 0.2) is 0 Å². The van der Waals surface area contributed by atoms with Gasteiger partial charge < -0.3 is 4.74 Å². The fourth-order valence-electron chi connectivity index (χ4n) is 3.85. The van der Waals surface area contributed by atoms with E-state index < -0.39 is 6.36 Å². The van der Waals surface area contributed by atoms with Crippen LogP contribution in [-0.2, 0) is 6.42 Å². The molecule has 160 valence electrons. The molecule has 2 heterocycles. The second-order valence-electron chi connectivity index (χ2n) is 7.37. The Balaban J connectivity index is 1.39. The summed E-state index contributed by atoms with van der Waals surface area (Å²) in [4.78, 5) is 4.86. The van der Waals surface area contributed by atoms with E-state index in [1.54, 1.807) is 6.20 Å². The highest BCUT2D eigenvalue weighted by Gasteiger charge is 2.31. The molecule has 1 unspecified atom stereocenters. The molecule has 0 fully saturated rings. The zero-order chi connectivity index (χ0) is 22.1. The van der Waals surface area contributed by atoms with E-state index in [-0.39, 0.29) is 11.7 Å². The van der Waals surface area contributed by atoms with Crippen LogP contribution in [0, 0.1) is 0 Å². The minimum Gasteiger partial charge on any atom is -0.406 e. The molecule has 1 aliphatic heterocycles. The monoisotopic (exact) mass is 434 g/mol. The maximum atomic E-state index is 12.4. The number of aromatic nitrogens is 3. The van der Waals surface area contributed by atoms with Gasteiger partial charge in [-0.15, -0.1) is 18.3 Å². The third kappa shape index (κ3) is 4.12. The van der Waals surface area contributed by atoms with Gasteiger partial charge in [0.1, 0.15) is 5.75 Å². The van der Waals surface area contributed by atoms with Gasteiger partial charge >= 0.3 is 6.36 Å². The summed E-state index contributed by atoms with van der Waals surface area (Å²) in [6, 6.07) is 23.6. The molecule has 0 saturated heterocycles. The zero-order valence-electron chi connectivity index (χ0n) is 16.7. The van der Waals surface area contributed by atoms with Gasteiger partial charge in [-0.2, -0.15) is 0 Å². The minimum atomic E-state index is -4.72. The molecule has 1 atom stereocenters. The van der Waals surface area contributed by atoms with Crippen LogP contribution in [0.25, 0.3) is 5.69 Å². The molecule has 0 spiro atoms. The second-order valence-corrected chi connectivity index (χ2v) is 7.37. The zero-order valence-corrected chi connectivity index (χ0v) is 16.7. The molecule has 32 heavy (non-hydrogen) atoms. The molecule has 4 aromatic rings. The number of aliphatic imine (C=N–C) groups is 1. The van der Waals surface area contributed by atoms with Crippen LogP contribution in [0.3, 0.4) is 0 Å². The van der Waals surface area contributed by atoms with E-state index in [2.05, 4.69) is 21.1 Å². The Morgan fingerprint density at radius 2 is 1.59 bits per heavy atom. The summed E-state index contributed by atoms with van der Waals surface area (Å²) in [5.74, 6) is -0.255. The van der Waals surface area contributed by atoms with Crippen LogP contribution in [0.5, 0.6) is 5.75 Å². The lowest BCUT2D eigenvalue weighted by molar-refractivity contribution is -0.274. The smallest absolute Gasteiger partial charge is 0.406 e. The topological polar surface area (TPSA) is 52.3 Å². The van der Waals surface area contributed by atoms with Crippen molar-refractivity contribution in [2.45, 2.75) is 18.7 Å². The van der Waals surface area contributed by atoms with Crippen molar-refractivity contribution < 1.29 is 17.9 Å². The molecule has 0 saturated carbocycles. The lowest BCUT2D eigenvalue weighted by Crippen LogP contribution is -2.17. The second kappa shape index (κ2) is 7.96. The first kappa shape index (κ1) is 20.0. The number of halogens is 3. The first-order valence-electron chi connectivity index (χ1n) is 9.97. The van der Waals surface area contributed by atoms with Crippen LogP contribution >= 0.6 is 0 Å². The highest BCUT2D eigenvalue weighted by atomic mass is 19.4. The van der Waals surface area contributed by atoms with Crippen molar-refractivity contribution in [3.8, 4) is 11.4 Å². The van der Waals surface area contributed by atoms with E-state index in [1.807, 2.05) is 48.5 Å². The number of hydrogen-bond donors (Lipinski definition) is 0. The van der Waals surface area contributed by atoms with E-state index in [4.69, 9.17) is 4.99 Å². The van der Waals surface area contributed by atoms with Gasteiger partial charge in [-0.1, -0.05) is 53.7 Å².